The molecule has 57 heavy (non-hydrogen) atoms. The quantitative estimate of drug-likeness (QED) is 0.195. The molecule has 0 atom stereocenters. The predicted octanol–water partition coefficient (Wildman–Crippen LogP) is 7.16. The standard InChI is InChI=1S/C24H48N4O.C23H46N4O/c1-20(2)13-17(14-21(3,4)27(20)11)25-19(29)24(9,10)26-18-15-22(5,6)28(12)23(7,8)16-18;1-20(2)13-17(14-21(3,4)26(20)9)24-12-11-19(28)25-18-15-22(5,6)27(10)23(7,8)16-18/h17-18,26H,13-16H2,1-12H3,(H,25,29);17-18,24H,11-16H2,1-10H3,(H,25,28). The van der Waals surface area contributed by atoms with Gasteiger partial charge in [0.2, 0.25) is 11.8 Å². The normalized spacial score (nSPS) is 28.2. The highest BCUT2D eigenvalue weighted by atomic mass is 16.2. The van der Waals surface area contributed by atoms with Crippen molar-refractivity contribution in [3.8, 4) is 0 Å². The molecular formula is C47H94N8O2. The van der Waals surface area contributed by atoms with E-state index in [1.165, 1.54) is 0 Å². The van der Waals surface area contributed by atoms with Crippen molar-refractivity contribution in [3.05, 3.63) is 0 Å². The molecule has 0 spiro atoms. The third-order valence-corrected chi connectivity index (χ3v) is 15.8. The maximum Gasteiger partial charge on any atom is 0.239 e. The zero-order chi connectivity index (χ0) is 44.2. The highest BCUT2D eigenvalue weighted by Crippen LogP contribution is 2.40. The molecule has 0 aromatic heterocycles. The van der Waals surface area contributed by atoms with Gasteiger partial charge in [0.1, 0.15) is 0 Å². The van der Waals surface area contributed by atoms with Gasteiger partial charge in [-0.15, -0.1) is 0 Å². The average Bonchev–Trinajstić information content (AvgIpc) is 2.99. The third-order valence-electron chi connectivity index (χ3n) is 15.8. The number of carbonyl (C=O) groups excluding carboxylic acids is 2. The van der Waals surface area contributed by atoms with E-state index in [1.807, 2.05) is 13.8 Å². The number of piperidine rings is 4. The summed E-state index contributed by atoms with van der Waals surface area (Å²) in [7, 11) is 8.85. The third kappa shape index (κ3) is 12.2. The Morgan fingerprint density at radius 1 is 0.456 bits per heavy atom. The van der Waals surface area contributed by atoms with Crippen LogP contribution in [-0.4, -0.2) is 140 Å². The molecule has 10 nitrogen and oxygen atoms in total. The number of hydrogen-bond acceptors (Lipinski definition) is 8. The number of likely N-dealkylation sites (tertiary alicyclic amines) is 4. The lowest BCUT2D eigenvalue weighted by Crippen LogP contribution is -2.67. The topological polar surface area (TPSA) is 95.2 Å². The van der Waals surface area contributed by atoms with Crippen LogP contribution < -0.4 is 21.3 Å². The molecular weight excluding hydrogens is 709 g/mol. The molecule has 4 saturated heterocycles. The lowest BCUT2D eigenvalue weighted by atomic mass is 9.76. The minimum Gasteiger partial charge on any atom is -0.353 e. The number of rotatable bonds is 9. The second-order valence-corrected chi connectivity index (χ2v) is 24.7. The van der Waals surface area contributed by atoms with Crippen molar-refractivity contribution in [2.75, 3.05) is 34.7 Å². The van der Waals surface area contributed by atoms with Crippen LogP contribution in [0, 0.1) is 0 Å². The first-order valence-electron chi connectivity index (χ1n) is 22.4. The Morgan fingerprint density at radius 3 is 1.04 bits per heavy atom. The molecule has 2 amide bonds. The zero-order valence-electron chi connectivity index (χ0n) is 41.5. The molecule has 0 saturated carbocycles. The molecule has 4 rings (SSSR count). The fraction of sp³-hybridized carbons (Fsp3) is 0.957. The summed E-state index contributed by atoms with van der Waals surface area (Å²) in [6.45, 7) is 41.5. The van der Waals surface area contributed by atoms with Crippen molar-refractivity contribution in [1.82, 2.24) is 40.9 Å². The maximum absolute atomic E-state index is 13.3. The fourth-order valence-electron chi connectivity index (χ4n) is 11.6. The van der Waals surface area contributed by atoms with Crippen LogP contribution in [0.4, 0.5) is 0 Å². The summed E-state index contributed by atoms with van der Waals surface area (Å²) in [4.78, 5) is 35.8. The minimum atomic E-state index is -0.593. The second-order valence-electron chi connectivity index (χ2n) is 24.7. The van der Waals surface area contributed by atoms with Crippen molar-refractivity contribution in [2.45, 2.75) is 256 Å². The van der Waals surface area contributed by atoms with Crippen LogP contribution in [0.1, 0.15) is 182 Å². The summed E-state index contributed by atoms with van der Waals surface area (Å²) in [5.41, 5.74) is 0.303. The average molecular weight is 803 g/mol. The molecule has 4 aliphatic rings. The smallest absolute Gasteiger partial charge is 0.239 e. The van der Waals surface area contributed by atoms with Gasteiger partial charge >= 0.3 is 0 Å². The van der Waals surface area contributed by atoms with Crippen LogP contribution in [0.2, 0.25) is 0 Å². The van der Waals surface area contributed by atoms with Crippen LogP contribution in [0.15, 0.2) is 0 Å². The van der Waals surface area contributed by atoms with E-state index in [9.17, 15) is 9.59 Å². The van der Waals surface area contributed by atoms with Gasteiger partial charge in [-0.1, -0.05) is 0 Å². The SMILES string of the molecule is CN1C(C)(C)CC(NC(=O)C(C)(C)NC2CC(C)(C)N(C)C(C)(C)C2)CC1(C)C.CN1C(C)(C)CC(NCCC(=O)NC2CC(C)(C)N(C)C(C)(C)C2)CC1(C)C. The predicted molar refractivity (Wildman–Crippen MR) is 242 cm³/mol. The molecule has 0 aromatic rings. The number of hydrogen-bond donors (Lipinski definition) is 4. The largest absolute Gasteiger partial charge is 0.353 e. The highest BCUT2D eigenvalue weighted by molar-refractivity contribution is 5.85. The molecule has 10 heteroatoms. The lowest BCUT2D eigenvalue weighted by molar-refractivity contribution is -0.130. The Hall–Kier alpha value is -1.30. The Labute approximate surface area is 352 Å². The van der Waals surface area contributed by atoms with Gasteiger partial charge in [0, 0.05) is 81.4 Å². The Kier molecular flexibility index (Phi) is 14.8. The van der Waals surface area contributed by atoms with Crippen molar-refractivity contribution < 1.29 is 9.59 Å². The first-order chi connectivity index (χ1) is 25.4. The molecule has 0 bridgehead atoms. The number of nitrogens with one attached hydrogen (secondary N) is 4. The van der Waals surface area contributed by atoms with Gasteiger partial charge in [0.15, 0.2) is 0 Å². The molecule has 4 fully saturated rings. The summed E-state index contributed by atoms with van der Waals surface area (Å²) in [6.07, 6.45) is 8.83. The van der Waals surface area contributed by atoms with E-state index in [2.05, 4.69) is 180 Å². The molecule has 334 valence electrons. The van der Waals surface area contributed by atoms with E-state index in [-0.39, 0.29) is 68.2 Å². The fourth-order valence-corrected chi connectivity index (χ4v) is 11.6. The van der Waals surface area contributed by atoms with Crippen LogP contribution in [0.25, 0.3) is 0 Å². The van der Waals surface area contributed by atoms with E-state index >= 15 is 0 Å². The lowest BCUT2D eigenvalue weighted by Gasteiger charge is -2.55. The van der Waals surface area contributed by atoms with Crippen molar-refractivity contribution in [3.63, 3.8) is 0 Å². The first-order valence-corrected chi connectivity index (χ1v) is 22.4. The zero-order valence-corrected chi connectivity index (χ0v) is 41.5. The molecule has 4 aliphatic heterocycles. The summed E-state index contributed by atoms with van der Waals surface area (Å²) in [5.74, 6) is 0.299. The van der Waals surface area contributed by atoms with Gasteiger partial charge in [-0.05, 0) is 204 Å². The number of carbonyl (C=O) groups is 2. The second kappa shape index (κ2) is 16.9. The van der Waals surface area contributed by atoms with Gasteiger partial charge in [-0.3, -0.25) is 29.2 Å². The molecule has 0 radical (unpaired) electrons. The Bertz CT molecular complexity index is 1320. The van der Waals surface area contributed by atoms with Crippen molar-refractivity contribution >= 4 is 11.8 Å². The van der Waals surface area contributed by atoms with Crippen molar-refractivity contribution in [1.29, 1.82) is 0 Å². The molecule has 4 N–H and O–H groups in total. The van der Waals surface area contributed by atoms with E-state index in [0.29, 0.717) is 18.5 Å². The van der Waals surface area contributed by atoms with Gasteiger partial charge in [-0.2, -0.15) is 0 Å². The van der Waals surface area contributed by atoms with Gasteiger partial charge in [0.25, 0.3) is 0 Å². The molecule has 0 unspecified atom stereocenters. The van der Waals surface area contributed by atoms with Crippen LogP contribution in [0.3, 0.4) is 0 Å². The molecule has 0 aliphatic carbocycles. The van der Waals surface area contributed by atoms with E-state index < -0.39 is 5.54 Å². The number of nitrogens with zero attached hydrogens (tertiary/aromatic N) is 4. The molecule has 0 aromatic carbocycles. The van der Waals surface area contributed by atoms with E-state index in [4.69, 9.17) is 0 Å². The van der Waals surface area contributed by atoms with E-state index in [1.54, 1.807) is 0 Å². The summed E-state index contributed by atoms with van der Waals surface area (Å²) in [6, 6.07) is 1.25. The Balaban J connectivity index is 0.000000306. The van der Waals surface area contributed by atoms with Gasteiger partial charge < -0.3 is 21.3 Å². The summed E-state index contributed by atoms with van der Waals surface area (Å²) in [5, 5.41) is 14.1. The van der Waals surface area contributed by atoms with Crippen LogP contribution >= 0.6 is 0 Å². The van der Waals surface area contributed by atoms with E-state index in [0.717, 1.165) is 57.9 Å². The van der Waals surface area contributed by atoms with Crippen molar-refractivity contribution in [2.24, 2.45) is 0 Å². The Morgan fingerprint density at radius 2 is 0.719 bits per heavy atom. The minimum absolute atomic E-state index is 0.0687. The first kappa shape index (κ1) is 50.1. The maximum atomic E-state index is 13.3. The summed E-state index contributed by atoms with van der Waals surface area (Å²) >= 11 is 0. The van der Waals surface area contributed by atoms with Crippen LogP contribution in [-0.2, 0) is 9.59 Å². The number of amides is 2. The molecule has 4 heterocycles. The highest BCUT2D eigenvalue weighted by Gasteiger charge is 2.48. The van der Waals surface area contributed by atoms with Gasteiger partial charge in [0.05, 0.1) is 5.54 Å². The van der Waals surface area contributed by atoms with Gasteiger partial charge in [-0.25, -0.2) is 0 Å². The summed E-state index contributed by atoms with van der Waals surface area (Å²) < 4.78 is 0. The monoisotopic (exact) mass is 803 g/mol. The van der Waals surface area contributed by atoms with Crippen LogP contribution in [0.5, 0.6) is 0 Å².